The summed E-state index contributed by atoms with van der Waals surface area (Å²) < 4.78 is 0. The predicted molar refractivity (Wildman–Crippen MR) is 102 cm³/mol. The van der Waals surface area contributed by atoms with Crippen LogP contribution in [-0.2, 0) is 4.84 Å². The van der Waals surface area contributed by atoms with Crippen molar-refractivity contribution in [3.63, 3.8) is 0 Å². The summed E-state index contributed by atoms with van der Waals surface area (Å²) in [5.74, 6) is 0. The summed E-state index contributed by atoms with van der Waals surface area (Å²) in [4.78, 5) is 13.5. The van der Waals surface area contributed by atoms with Gasteiger partial charge in [-0.25, -0.2) is 0 Å². The van der Waals surface area contributed by atoms with Crippen LogP contribution in [0.1, 0.15) is 43.0 Å². The molecule has 2 aromatic heterocycles. The van der Waals surface area contributed by atoms with E-state index in [4.69, 9.17) is 15.2 Å². The minimum absolute atomic E-state index is 0.122. The Morgan fingerprint density at radius 2 is 1.50 bits per heavy atom. The first kappa shape index (κ1) is 21.2. The van der Waals surface area contributed by atoms with Gasteiger partial charge in [-0.15, -0.1) is 0 Å². The standard InChI is InChI=1S/C11H16N2O2.C8H10N2O/c1-9-5-3-6-11(12-9)10(2)13-15-8-4-7-14;1-6-4-3-5-8(9-6)7(2)10-11/h3,5-6,14H,4,7-8H2,1-2H3;3-5,11H,1-2H3/b13-10+;10-7+. The first-order chi connectivity index (χ1) is 12.5. The lowest BCUT2D eigenvalue weighted by Gasteiger charge is -2.01. The SMILES string of the molecule is C/C(=N\O)c1cccc(C)n1.C/C(=N\OCCCO)c1cccc(C)n1. The summed E-state index contributed by atoms with van der Waals surface area (Å²) in [5.41, 5.74) is 4.69. The second kappa shape index (κ2) is 11.7. The third kappa shape index (κ3) is 7.85. The Hall–Kier alpha value is -2.80. The van der Waals surface area contributed by atoms with Crippen molar-refractivity contribution in [2.24, 2.45) is 10.3 Å². The lowest BCUT2D eigenvalue weighted by atomic mass is 10.2. The molecule has 0 amide bonds. The average Bonchev–Trinajstić information content (AvgIpc) is 2.65. The summed E-state index contributed by atoms with van der Waals surface area (Å²) in [6, 6.07) is 11.3. The molecule has 0 aromatic carbocycles. The van der Waals surface area contributed by atoms with E-state index in [9.17, 15) is 0 Å². The van der Waals surface area contributed by atoms with E-state index < -0.39 is 0 Å². The topological polar surface area (TPSA) is 100 Å². The van der Waals surface area contributed by atoms with Gasteiger partial charge in [0.15, 0.2) is 0 Å². The number of aromatic nitrogens is 2. The van der Waals surface area contributed by atoms with Gasteiger partial charge < -0.3 is 15.2 Å². The highest BCUT2D eigenvalue weighted by Gasteiger charge is 1.99. The van der Waals surface area contributed by atoms with Gasteiger partial charge in [-0.1, -0.05) is 22.4 Å². The molecule has 7 nitrogen and oxygen atoms in total. The molecule has 0 radical (unpaired) electrons. The van der Waals surface area contributed by atoms with Gasteiger partial charge in [-0.2, -0.15) is 0 Å². The maximum Gasteiger partial charge on any atom is 0.119 e. The normalized spacial score (nSPS) is 11.6. The Morgan fingerprint density at radius 1 is 0.962 bits per heavy atom. The molecular formula is C19H26N4O3. The van der Waals surface area contributed by atoms with Crippen molar-refractivity contribution in [2.75, 3.05) is 13.2 Å². The molecule has 2 rings (SSSR count). The van der Waals surface area contributed by atoms with Crippen molar-refractivity contribution in [1.82, 2.24) is 9.97 Å². The minimum Gasteiger partial charge on any atom is -0.411 e. The van der Waals surface area contributed by atoms with Gasteiger partial charge in [0, 0.05) is 24.4 Å². The first-order valence-electron chi connectivity index (χ1n) is 8.32. The number of pyridine rings is 2. The van der Waals surface area contributed by atoms with Crippen LogP contribution in [0.2, 0.25) is 0 Å². The van der Waals surface area contributed by atoms with E-state index in [0.29, 0.717) is 24.4 Å². The van der Waals surface area contributed by atoms with E-state index in [1.165, 1.54) is 0 Å². The van der Waals surface area contributed by atoms with E-state index in [1.54, 1.807) is 6.92 Å². The second-order valence-electron chi connectivity index (χ2n) is 5.60. The Kier molecular flexibility index (Phi) is 9.56. The molecule has 0 atom stereocenters. The molecule has 0 spiro atoms. The van der Waals surface area contributed by atoms with Crippen molar-refractivity contribution in [3.8, 4) is 0 Å². The Morgan fingerprint density at radius 3 is 1.96 bits per heavy atom. The fraction of sp³-hybridized carbons (Fsp3) is 0.368. The highest BCUT2D eigenvalue weighted by Crippen LogP contribution is 2.01. The largest absolute Gasteiger partial charge is 0.411 e. The lowest BCUT2D eigenvalue weighted by molar-refractivity contribution is 0.124. The maximum absolute atomic E-state index is 8.54. The monoisotopic (exact) mass is 358 g/mol. The second-order valence-corrected chi connectivity index (χ2v) is 5.60. The zero-order chi connectivity index (χ0) is 19.4. The van der Waals surface area contributed by atoms with Crippen molar-refractivity contribution in [1.29, 1.82) is 0 Å². The summed E-state index contributed by atoms with van der Waals surface area (Å²) >= 11 is 0. The summed E-state index contributed by atoms with van der Waals surface area (Å²) in [6.07, 6.45) is 0.595. The molecule has 0 aliphatic heterocycles. The van der Waals surface area contributed by atoms with Gasteiger partial charge in [-0.3, -0.25) is 9.97 Å². The van der Waals surface area contributed by atoms with Gasteiger partial charge in [0.1, 0.15) is 18.0 Å². The molecule has 0 saturated heterocycles. The van der Waals surface area contributed by atoms with Crippen LogP contribution in [0.15, 0.2) is 46.7 Å². The van der Waals surface area contributed by atoms with Crippen LogP contribution in [0, 0.1) is 13.8 Å². The number of nitrogens with zero attached hydrogens (tertiary/aromatic N) is 4. The molecule has 0 bridgehead atoms. The van der Waals surface area contributed by atoms with E-state index in [-0.39, 0.29) is 6.61 Å². The van der Waals surface area contributed by atoms with E-state index in [2.05, 4.69) is 20.3 Å². The number of rotatable bonds is 6. The molecule has 2 N–H and O–H groups in total. The first-order valence-corrected chi connectivity index (χ1v) is 8.32. The molecule has 140 valence electrons. The molecule has 0 aliphatic rings. The molecule has 0 unspecified atom stereocenters. The molecule has 0 aliphatic carbocycles. The van der Waals surface area contributed by atoms with E-state index >= 15 is 0 Å². The molecule has 0 fully saturated rings. The van der Waals surface area contributed by atoms with Crippen LogP contribution in [0.5, 0.6) is 0 Å². The Balaban J connectivity index is 0.000000273. The van der Waals surface area contributed by atoms with E-state index in [1.807, 2.05) is 57.2 Å². The number of aliphatic hydroxyl groups excluding tert-OH is 1. The van der Waals surface area contributed by atoms with Crippen LogP contribution in [0.25, 0.3) is 0 Å². The van der Waals surface area contributed by atoms with Gasteiger partial charge >= 0.3 is 0 Å². The summed E-state index contributed by atoms with van der Waals surface area (Å²) in [6.45, 7) is 7.94. The van der Waals surface area contributed by atoms with Crippen molar-refractivity contribution < 1.29 is 15.2 Å². The van der Waals surface area contributed by atoms with E-state index in [0.717, 1.165) is 22.8 Å². The molecule has 2 heterocycles. The van der Waals surface area contributed by atoms with Crippen LogP contribution in [0.3, 0.4) is 0 Å². The number of hydrogen-bond donors (Lipinski definition) is 2. The van der Waals surface area contributed by atoms with Crippen LogP contribution < -0.4 is 0 Å². The molecular weight excluding hydrogens is 332 g/mol. The van der Waals surface area contributed by atoms with Gasteiger partial charge in [0.2, 0.25) is 0 Å². The lowest BCUT2D eigenvalue weighted by Crippen LogP contribution is -2.01. The molecule has 26 heavy (non-hydrogen) atoms. The fourth-order valence-electron chi connectivity index (χ4n) is 1.86. The third-order valence-corrected chi connectivity index (χ3v) is 3.26. The number of hydrogen-bond acceptors (Lipinski definition) is 7. The maximum atomic E-state index is 8.54. The predicted octanol–water partition coefficient (Wildman–Crippen LogP) is 3.10. The summed E-state index contributed by atoms with van der Waals surface area (Å²) in [7, 11) is 0. The van der Waals surface area contributed by atoms with Gasteiger partial charge in [0.05, 0.1) is 11.4 Å². The third-order valence-electron chi connectivity index (χ3n) is 3.26. The van der Waals surface area contributed by atoms with Crippen LogP contribution >= 0.6 is 0 Å². The number of oxime groups is 2. The van der Waals surface area contributed by atoms with Crippen molar-refractivity contribution in [3.05, 3.63) is 59.2 Å². The quantitative estimate of drug-likeness (QED) is 0.358. The Labute approximate surface area is 154 Å². The number of aliphatic hydroxyl groups is 1. The molecule has 7 heteroatoms. The van der Waals surface area contributed by atoms with Gasteiger partial charge in [-0.05, 0) is 52.0 Å². The van der Waals surface area contributed by atoms with Gasteiger partial charge in [0.25, 0.3) is 0 Å². The fourth-order valence-corrected chi connectivity index (χ4v) is 1.86. The van der Waals surface area contributed by atoms with Crippen molar-refractivity contribution >= 4 is 11.4 Å². The minimum atomic E-state index is 0.122. The zero-order valence-electron chi connectivity index (χ0n) is 15.7. The highest BCUT2D eigenvalue weighted by atomic mass is 16.6. The average molecular weight is 358 g/mol. The van der Waals surface area contributed by atoms with Crippen molar-refractivity contribution in [2.45, 2.75) is 34.1 Å². The van der Waals surface area contributed by atoms with Crippen LogP contribution in [-0.4, -0.2) is 44.9 Å². The van der Waals surface area contributed by atoms with Crippen LogP contribution in [0.4, 0.5) is 0 Å². The molecule has 2 aromatic rings. The Bertz CT molecular complexity index is 745. The highest BCUT2D eigenvalue weighted by molar-refractivity contribution is 5.96. The number of aryl methyl sites for hydroxylation is 2. The molecule has 0 saturated carbocycles. The summed E-state index contributed by atoms with van der Waals surface area (Å²) in [5, 5.41) is 23.9. The smallest absolute Gasteiger partial charge is 0.119 e. The zero-order valence-corrected chi connectivity index (χ0v) is 15.7.